The molecule has 0 bridgehead atoms. The molecule has 0 aromatic heterocycles. The summed E-state index contributed by atoms with van der Waals surface area (Å²) in [6.07, 6.45) is 7.45. The van der Waals surface area contributed by atoms with Gasteiger partial charge < -0.3 is 31.3 Å². The quantitative estimate of drug-likeness (QED) is 0.197. The topological polar surface area (TPSA) is 177 Å². The van der Waals surface area contributed by atoms with Crippen molar-refractivity contribution in [1.29, 1.82) is 0 Å². The number of ketones is 1. The number of rotatable bonds is 12. The van der Waals surface area contributed by atoms with Crippen LogP contribution in [-0.2, 0) is 28.7 Å². The maximum Gasteiger partial charge on any atom is 0.325 e. The highest BCUT2D eigenvalue weighted by Gasteiger charge is 2.49. The van der Waals surface area contributed by atoms with Crippen molar-refractivity contribution in [1.82, 2.24) is 20.9 Å². The van der Waals surface area contributed by atoms with Gasteiger partial charge in [0.1, 0.15) is 24.7 Å². The molecule has 5 atom stereocenters. The molecule has 0 spiro atoms. The summed E-state index contributed by atoms with van der Waals surface area (Å²) < 4.78 is 5.38. The SMILES string of the molecule is CCC1CN(C(=O)C(NC(=O)NCC(=O)OC2CCCC2)C(C)(C)C)C(C(=O)NC(CC2CCC2)C(=O)C(N)=O)C1C. The Morgan fingerprint density at radius 2 is 1.62 bits per heavy atom. The molecule has 0 aromatic carbocycles. The molecule has 12 heteroatoms. The van der Waals surface area contributed by atoms with Crippen LogP contribution in [0.3, 0.4) is 0 Å². The van der Waals surface area contributed by atoms with Crippen LogP contribution in [-0.4, -0.2) is 77.7 Å². The zero-order chi connectivity index (χ0) is 31.2. The second-order valence-electron chi connectivity index (χ2n) is 13.3. The summed E-state index contributed by atoms with van der Waals surface area (Å²) in [5.74, 6) is -3.42. The highest BCUT2D eigenvalue weighted by molar-refractivity contribution is 6.37. The molecule has 236 valence electrons. The first-order valence-corrected chi connectivity index (χ1v) is 15.4. The summed E-state index contributed by atoms with van der Waals surface area (Å²) >= 11 is 0. The van der Waals surface area contributed by atoms with Crippen LogP contribution in [0, 0.1) is 23.2 Å². The number of nitrogens with one attached hydrogen (secondary N) is 3. The van der Waals surface area contributed by atoms with Crippen LogP contribution < -0.4 is 21.7 Å². The summed E-state index contributed by atoms with van der Waals surface area (Å²) in [4.78, 5) is 78.6. The molecule has 3 rings (SSSR count). The molecule has 1 saturated heterocycles. The van der Waals surface area contributed by atoms with Crippen molar-refractivity contribution in [3.8, 4) is 0 Å². The van der Waals surface area contributed by atoms with Crippen molar-refractivity contribution >= 4 is 35.5 Å². The molecule has 5 amide bonds. The number of nitrogens with two attached hydrogens (primary N) is 1. The first-order chi connectivity index (χ1) is 19.7. The minimum Gasteiger partial charge on any atom is -0.461 e. The Hall–Kier alpha value is -3.18. The van der Waals surface area contributed by atoms with E-state index in [9.17, 15) is 28.8 Å². The van der Waals surface area contributed by atoms with Crippen LogP contribution in [0.15, 0.2) is 0 Å². The van der Waals surface area contributed by atoms with Gasteiger partial charge in [-0.3, -0.25) is 24.0 Å². The van der Waals surface area contributed by atoms with Crippen molar-refractivity contribution in [2.24, 2.45) is 28.9 Å². The van der Waals surface area contributed by atoms with Crippen molar-refractivity contribution in [2.45, 2.75) is 117 Å². The lowest BCUT2D eigenvalue weighted by Gasteiger charge is -2.36. The Bertz CT molecular complexity index is 1030. The average molecular weight is 592 g/mol. The zero-order valence-corrected chi connectivity index (χ0v) is 25.7. The minimum absolute atomic E-state index is 0.0152. The minimum atomic E-state index is -1.10. The first-order valence-electron chi connectivity index (χ1n) is 15.4. The fourth-order valence-corrected chi connectivity index (χ4v) is 6.29. The smallest absolute Gasteiger partial charge is 0.325 e. The van der Waals surface area contributed by atoms with Gasteiger partial charge in [0.25, 0.3) is 5.91 Å². The monoisotopic (exact) mass is 591 g/mol. The number of likely N-dealkylation sites (tertiary alicyclic amines) is 1. The van der Waals surface area contributed by atoms with E-state index in [1.165, 1.54) is 4.90 Å². The largest absolute Gasteiger partial charge is 0.461 e. The molecule has 42 heavy (non-hydrogen) atoms. The van der Waals surface area contributed by atoms with E-state index in [1.54, 1.807) is 20.8 Å². The van der Waals surface area contributed by atoms with Crippen molar-refractivity contribution < 1.29 is 33.5 Å². The second kappa shape index (κ2) is 14.3. The number of carbonyl (C=O) groups is 6. The maximum atomic E-state index is 14.0. The number of primary amides is 1. The third-order valence-corrected chi connectivity index (χ3v) is 9.14. The highest BCUT2D eigenvalue weighted by atomic mass is 16.5. The fraction of sp³-hybridized carbons (Fsp3) is 0.800. The molecule has 1 aliphatic heterocycles. The van der Waals surface area contributed by atoms with E-state index < -0.39 is 59.0 Å². The summed E-state index contributed by atoms with van der Waals surface area (Å²) in [5.41, 5.74) is 4.55. The molecule has 12 nitrogen and oxygen atoms in total. The van der Waals surface area contributed by atoms with Crippen molar-refractivity contribution in [3.63, 3.8) is 0 Å². The molecule has 5 unspecified atom stereocenters. The van der Waals surface area contributed by atoms with Gasteiger partial charge in [0.2, 0.25) is 17.6 Å². The molecular formula is C30H49N5O7. The fourth-order valence-electron chi connectivity index (χ4n) is 6.29. The van der Waals surface area contributed by atoms with E-state index in [0.29, 0.717) is 13.0 Å². The van der Waals surface area contributed by atoms with E-state index in [-0.39, 0.29) is 30.4 Å². The first kappa shape index (κ1) is 33.3. The summed E-state index contributed by atoms with van der Waals surface area (Å²) in [7, 11) is 0. The number of Topliss-reactive ketones (excluding diaryl/α,β-unsaturated/α-hetero) is 1. The molecule has 3 aliphatic rings. The lowest BCUT2D eigenvalue weighted by Crippen LogP contribution is -2.60. The van der Waals surface area contributed by atoms with Crippen LogP contribution in [0.2, 0.25) is 0 Å². The lowest BCUT2D eigenvalue weighted by atomic mass is 9.80. The number of hydrogen-bond acceptors (Lipinski definition) is 7. The number of hydrogen-bond donors (Lipinski definition) is 4. The Balaban J connectivity index is 1.72. The Kier molecular flexibility index (Phi) is 11.4. The number of urea groups is 1. The van der Waals surface area contributed by atoms with Crippen molar-refractivity contribution in [3.05, 3.63) is 0 Å². The van der Waals surface area contributed by atoms with Crippen LogP contribution >= 0.6 is 0 Å². The van der Waals surface area contributed by atoms with Gasteiger partial charge in [-0.05, 0) is 55.3 Å². The van der Waals surface area contributed by atoms with Gasteiger partial charge in [0.05, 0.1) is 6.04 Å². The standard InChI is InChI=1S/C30H49N5O7/c1-6-19-16-35(23(17(19)2)27(39)33-21(24(37)26(31)38)14-18-10-9-11-18)28(40)25(30(3,4)5)34-29(41)32-15-22(36)42-20-12-7-8-13-20/h17-21,23,25H,6-16H2,1-5H3,(H2,31,38)(H,33,39)(H2,32,34,41). The Morgan fingerprint density at radius 3 is 2.14 bits per heavy atom. The van der Waals surface area contributed by atoms with Gasteiger partial charge in [-0.2, -0.15) is 0 Å². The Morgan fingerprint density at radius 1 is 0.976 bits per heavy atom. The van der Waals surface area contributed by atoms with Gasteiger partial charge in [-0.1, -0.05) is 60.3 Å². The van der Waals surface area contributed by atoms with Crippen LogP contribution in [0.25, 0.3) is 0 Å². The van der Waals surface area contributed by atoms with Crippen LogP contribution in [0.5, 0.6) is 0 Å². The van der Waals surface area contributed by atoms with Gasteiger partial charge in [-0.25, -0.2) is 4.79 Å². The zero-order valence-electron chi connectivity index (χ0n) is 25.7. The number of carbonyl (C=O) groups excluding carboxylic acids is 6. The number of esters is 1. The molecule has 3 fully saturated rings. The van der Waals surface area contributed by atoms with Gasteiger partial charge in [-0.15, -0.1) is 0 Å². The molecule has 2 aliphatic carbocycles. The number of ether oxygens (including phenoxy) is 1. The lowest BCUT2D eigenvalue weighted by molar-refractivity contribution is -0.147. The van der Waals surface area contributed by atoms with Gasteiger partial charge in [0.15, 0.2) is 0 Å². The van der Waals surface area contributed by atoms with Crippen LogP contribution in [0.4, 0.5) is 4.79 Å². The van der Waals surface area contributed by atoms with Crippen LogP contribution in [0.1, 0.15) is 92.4 Å². The van der Waals surface area contributed by atoms with E-state index in [1.807, 2.05) is 13.8 Å². The highest BCUT2D eigenvalue weighted by Crippen LogP contribution is 2.35. The maximum absolute atomic E-state index is 14.0. The molecule has 0 radical (unpaired) electrons. The third kappa shape index (κ3) is 8.44. The average Bonchev–Trinajstić information content (AvgIpc) is 3.52. The second-order valence-corrected chi connectivity index (χ2v) is 13.3. The molecule has 5 N–H and O–H groups in total. The van der Waals surface area contributed by atoms with E-state index in [2.05, 4.69) is 16.0 Å². The third-order valence-electron chi connectivity index (χ3n) is 9.14. The Labute approximate surface area is 248 Å². The van der Waals surface area contributed by atoms with E-state index in [0.717, 1.165) is 51.4 Å². The summed E-state index contributed by atoms with van der Waals surface area (Å²) in [6, 6.07) is -3.65. The summed E-state index contributed by atoms with van der Waals surface area (Å²) in [5, 5.41) is 7.94. The molecule has 1 heterocycles. The predicted molar refractivity (Wildman–Crippen MR) is 155 cm³/mol. The van der Waals surface area contributed by atoms with E-state index in [4.69, 9.17) is 10.5 Å². The van der Waals surface area contributed by atoms with E-state index >= 15 is 0 Å². The molecule has 2 saturated carbocycles. The number of nitrogens with zero attached hydrogens (tertiary/aromatic N) is 1. The normalized spacial score (nSPS) is 24.3. The van der Waals surface area contributed by atoms with Gasteiger partial charge >= 0.3 is 12.0 Å². The molecular weight excluding hydrogens is 542 g/mol. The van der Waals surface area contributed by atoms with Crippen molar-refractivity contribution in [2.75, 3.05) is 13.1 Å². The molecule has 0 aromatic rings. The van der Waals surface area contributed by atoms with Gasteiger partial charge in [0, 0.05) is 6.54 Å². The number of amides is 5. The summed E-state index contributed by atoms with van der Waals surface area (Å²) in [6.45, 7) is 9.26. The predicted octanol–water partition coefficient (Wildman–Crippen LogP) is 1.79.